The number of anilines is 4. The number of benzene rings is 2. The van der Waals surface area contributed by atoms with Gasteiger partial charge in [0.15, 0.2) is 23.1 Å². The van der Waals surface area contributed by atoms with Gasteiger partial charge in [-0.3, -0.25) is 10.2 Å². The van der Waals surface area contributed by atoms with E-state index in [0.29, 0.717) is 58.8 Å². The summed E-state index contributed by atoms with van der Waals surface area (Å²) in [5.74, 6) is 3.01. The number of hydrogen-bond donors (Lipinski definition) is 2. The summed E-state index contributed by atoms with van der Waals surface area (Å²) in [4.78, 5) is 29.8. The number of halogens is 6. The van der Waals surface area contributed by atoms with Gasteiger partial charge in [0, 0.05) is 24.2 Å². The van der Waals surface area contributed by atoms with Crippen LogP contribution in [-0.4, -0.2) is 60.4 Å². The Kier molecular flexibility index (Phi) is 9.68. The van der Waals surface area contributed by atoms with E-state index < -0.39 is 29.5 Å². The smallest absolute Gasteiger partial charge is 0.416 e. The van der Waals surface area contributed by atoms with Crippen LogP contribution >= 0.6 is 0 Å². The Morgan fingerprint density at radius 1 is 0.698 bits per heavy atom. The van der Waals surface area contributed by atoms with Crippen molar-refractivity contribution in [2.75, 3.05) is 59.8 Å². The number of alkyl halides is 6. The Morgan fingerprint density at radius 2 is 1.32 bits per heavy atom. The fraction of sp³-hybridized carbons (Fsp3) is 0.243. The highest BCUT2D eigenvalue weighted by Crippen LogP contribution is 2.36. The van der Waals surface area contributed by atoms with E-state index in [-0.39, 0.29) is 19.0 Å². The lowest BCUT2D eigenvalue weighted by Gasteiger charge is -2.32. The third-order valence-electron chi connectivity index (χ3n) is 8.54. The first kappa shape index (κ1) is 35.3. The van der Waals surface area contributed by atoms with Crippen LogP contribution < -0.4 is 29.9 Å². The molecule has 3 aliphatic heterocycles. The van der Waals surface area contributed by atoms with Crippen molar-refractivity contribution in [1.29, 1.82) is 0 Å². The quantitative estimate of drug-likeness (QED) is 0.178. The van der Waals surface area contributed by atoms with Crippen molar-refractivity contribution in [1.82, 2.24) is 15.0 Å². The highest BCUT2D eigenvalue weighted by Gasteiger charge is 2.32. The summed E-state index contributed by atoms with van der Waals surface area (Å²) in [7, 11) is 0. The van der Waals surface area contributed by atoms with Crippen LogP contribution in [0.4, 0.5) is 54.4 Å². The average Bonchev–Trinajstić information content (AvgIpc) is 3.13. The molecule has 5 aromatic rings. The molecule has 2 amide bonds. The molecule has 0 saturated carbocycles. The van der Waals surface area contributed by atoms with Gasteiger partial charge in [0.1, 0.15) is 24.8 Å². The van der Waals surface area contributed by atoms with Gasteiger partial charge >= 0.3 is 18.4 Å². The monoisotopic (exact) mass is 735 g/mol. The summed E-state index contributed by atoms with van der Waals surface area (Å²) in [5, 5.41) is 5.85. The molecule has 0 atom stereocenters. The highest BCUT2D eigenvalue weighted by molar-refractivity contribution is 6.02. The first-order chi connectivity index (χ1) is 25.4. The SMILES string of the molecule is FC(F)(F)c1cccc(-c2ccc3c(n2)NCCO3)c1.O=C(Nc1cccc(N2CCC2)n1)N1CCOc2ccc(-c3cccc(C(F)(F)F)c3)nc21. The zero-order chi connectivity index (χ0) is 37.2. The number of carbonyl (C=O) groups excluding carboxylic acids is 1. The summed E-state index contributed by atoms with van der Waals surface area (Å²) in [5.41, 5.74) is 0.0589. The van der Waals surface area contributed by atoms with E-state index in [4.69, 9.17) is 9.47 Å². The molecule has 8 rings (SSSR count). The van der Waals surface area contributed by atoms with Crippen LogP contribution in [0, 0.1) is 0 Å². The first-order valence-electron chi connectivity index (χ1n) is 16.6. The number of nitrogens with zero attached hydrogens (tertiary/aromatic N) is 5. The molecule has 2 N–H and O–H groups in total. The van der Waals surface area contributed by atoms with Crippen molar-refractivity contribution in [3.05, 3.63) is 102 Å². The second-order valence-corrected chi connectivity index (χ2v) is 12.1. The Bertz CT molecular complexity index is 2120. The summed E-state index contributed by atoms with van der Waals surface area (Å²) in [6, 6.07) is 21.6. The maximum Gasteiger partial charge on any atom is 0.416 e. The number of rotatable bonds is 4. The number of fused-ring (bicyclic) bond motifs is 2. The predicted molar refractivity (Wildman–Crippen MR) is 186 cm³/mol. The zero-order valence-electron chi connectivity index (χ0n) is 27.8. The lowest BCUT2D eigenvalue weighted by Crippen LogP contribution is -2.41. The number of pyridine rings is 3. The lowest BCUT2D eigenvalue weighted by molar-refractivity contribution is -0.138. The summed E-state index contributed by atoms with van der Waals surface area (Å²) in [6.07, 6.45) is -7.70. The molecule has 0 unspecified atom stereocenters. The standard InChI is InChI=1S/C23H20F3N5O2.C14H11F3N2O/c24-23(25,26)16-5-1-4-15(14-16)17-8-9-18-21(27-17)31(12-13-33-18)22(32)29-19-6-2-7-20(28-19)30-10-3-11-30;15-14(16,17)10-3-1-2-9(8-10)11-4-5-12-13(19-11)18-6-7-20-12/h1-2,4-9,14H,3,10-13H2,(H,28,29,32);1-5,8H,6-7H2,(H,18,19). The molecule has 0 radical (unpaired) electrons. The van der Waals surface area contributed by atoms with Crippen LogP contribution in [0.1, 0.15) is 17.5 Å². The van der Waals surface area contributed by atoms with Gasteiger partial charge in [-0.1, -0.05) is 30.3 Å². The Hall–Kier alpha value is -6.06. The largest absolute Gasteiger partial charge is 0.488 e. The molecule has 0 spiro atoms. The maximum atomic E-state index is 13.1. The molecular weight excluding hydrogens is 704 g/mol. The summed E-state index contributed by atoms with van der Waals surface area (Å²) < 4.78 is 88.5. The lowest BCUT2D eigenvalue weighted by atomic mass is 10.1. The zero-order valence-corrected chi connectivity index (χ0v) is 27.8. The van der Waals surface area contributed by atoms with E-state index in [1.165, 1.54) is 17.0 Å². The van der Waals surface area contributed by atoms with Gasteiger partial charge in [-0.05, 0) is 67.1 Å². The number of nitrogens with one attached hydrogen (secondary N) is 2. The second kappa shape index (κ2) is 14.5. The van der Waals surface area contributed by atoms with E-state index in [0.717, 1.165) is 49.6 Å². The minimum atomic E-state index is -4.46. The minimum Gasteiger partial charge on any atom is -0.488 e. The van der Waals surface area contributed by atoms with Crippen molar-refractivity contribution in [2.24, 2.45) is 0 Å². The van der Waals surface area contributed by atoms with Gasteiger partial charge in [0.2, 0.25) is 0 Å². The van der Waals surface area contributed by atoms with E-state index in [1.54, 1.807) is 42.5 Å². The van der Waals surface area contributed by atoms with Crippen molar-refractivity contribution >= 4 is 29.3 Å². The van der Waals surface area contributed by atoms with Crippen LogP contribution in [0.2, 0.25) is 0 Å². The molecule has 2 aromatic carbocycles. The first-order valence-corrected chi connectivity index (χ1v) is 16.6. The maximum absolute atomic E-state index is 13.1. The number of ether oxygens (including phenoxy) is 2. The number of aromatic nitrogens is 3. The molecule has 1 saturated heterocycles. The molecule has 3 aliphatic rings. The van der Waals surface area contributed by atoms with Gasteiger partial charge in [0.25, 0.3) is 0 Å². The number of carbonyl (C=O) groups is 1. The van der Waals surface area contributed by atoms with E-state index in [9.17, 15) is 31.1 Å². The van der Waals surface area contributed by atoms with Gasteiger partial charge < -0.3 is 19.7 Å². The fourth-order valence-corrected chi connectivity index (χ4v) is 5.73. The van der Waals surface area contributed by atoms with Gasteiger partial charge in [-0.15, -0.1) is 0 Å². The van der Waals surface area contributed by atoms with Crippen LogP contribution in [0.5, 0.6) is 11.5 Å². The Balaban J connectivity index is 0.000000186. The molecular formula is C37H31F6N7O3. The van der Waals surface area contributed by atoms with Crippen molar-refractivity contribution in [3.8, 4) is 34.0 Å². The predicted octanol–water partition coefficient (Wildman–Crippen LogP) is 8.38. The third-order valence-corrected chi connectivity index (χ3v) is 8.54. The van der Waals surface area contributed by atoms with Crippen molar-refractivity contribution in [3.63, 3.8) is 0 Å². The Morgan fingerprint density at radius 3 is 1.96 bits per heavy atom. The average molecular weight is 736 g/mol. The van der Waals surface area contributed by atoms with Gasteiger partial charge in [-0.2, -0.15) is 26.3 Å². The topological polar surface area (TPSA) is 105 Å². The second-order valence-electron chi connectivity index (χ2n) is 12.1. The molecule has 6 heterocycles. The number of urea groups is 1. The molecule has 0 aliphatic carbocycles. The highest BCUT2D eigenvalue weighted by atomic mass is 19.4. The van der Waals surface area contributed by atoms with E-state index >= 15 is 0 Å². The normalized spacial score (nSPS) is 14.9. The van der Waals surface area contributed by atoms with Crippen LogP contribution in [0.3, 0.4) is 0 Å². The number of amides is 2. The molecule has 53 heavy (non-hydrogen) atoms. The Labute approximate surface area is 299 Å². The van der Waals surface area contributed by atoms with Crippen LogP contribution in [-0.2, 0) is 12.4 Å². The number of hydrogen-bond acceptors (Lipinski definition) is 8. The summed E-state index contributed by atoms with van der Waals surface area (Å²) in [6.45, 7) is 3.56. The van der Waals surface area contributed by atoms with Crippen molar-refractivity contribution < 1.29 is 40.6 Å². The third kappa shape index (κ3) is 8.05. The van der Waals surface area contributed by atoms with Crippen LogP contribution in [0.15, 0.2) is 91.0 Å². The summed E-state index contributed by atoms with van der Waals surface area (Å²) >= 11 is 0. The van der Waals surface area contributed by atoms with Crippen LogP contribution in [0.25, 0.3) is 22.5 Å². The van der Waals surface area contributed by atoms with Crippen molar-refractivity contribution in [2.45, 2.75) is 18.8 Å². The molecule has 3 aromatic heterocycles. The van der Waals surface area contributed by atoms with Gasteiger partial charge in [-0.25, -0.2) is 19.7 Å². The molecule has 10 nitrogen and oxygen atoms in total. The fourth-order valence-electron chi connectivity index (χ4n) is 5.73. The van der Waals surface area contributed by atoms with Gasteiger partial charge in [0.05, 0.1) is 35.6 Å². The molecule has 0 bridgehead atoms. The molecule has 274 valence electrons. The van der Waals surface area contributed by atoms with E-state index in [1.807, 2.05) is 12.1 Å². The molecule has 16 heteroatoms. The van der Waals surface area contributed by atoms with E-state index in [2.05, 4.69) is 30.5 Å². The molecule has 1 fully saturated rings. The minimum absolute atomic E-state index is 0.240.